The quantitative estimate of drug-likeness (QED) is 0.268. The standard InChI is InChI=1S/C20H22N2O8S/c1-7-4-8(12-5-10-18(31-12)19(28)22-20(29)21-10)2-3-9(7)13(24)17-16(27)15(26)14(25)11(6-23)30-17/h2-5,11,13-17,23-27H,6H2,1H3,(H2,21,22,28,29)/t11?,13-,14-,15?,16?,17-/m1/s1. The Balaban J connectivity index is 1.65. The summed E-state index contributed by atoms with van der Waals surface area (Å²) in [5.74, 6) is 0. The number of aliphatic hydroxyl groups excluding tert-OH is 5. The van der Waals surface area contributed by atoms with Crippen molar-refractivity contribution in [1.29, 1.82) is 0 Å². The van der Waals surface area contributed by atoms with Crippen molar-refractivity contribution in [2.45, 2.75) is 43.5 Å². The van der Waals surface area contributed by atoms with Gasteiger partial charge in [-0.05, 0) is 29.7 Å². The molecule has 1 saturated heterocycles. The molecule has 0 saturated carbocycles. The van der Waals surface area contributed by atoms with E-state index in [2.05, 4.69) is 9.97 Å². The van der Waals surface area contributed by atoms with Gasteiger partial charge in [-0.15, -0.1) is 11.3 Å². The number of hydrogen-bond acceptors (Lipinski definition) is 9. The number of hydrogen-bond donors (Lipinski definition) is 7. The van der Waals surface area contributed by atoms with Gasteiger partial charge in [0.25, 0.3) is 5.56 Å². The normalized spacial score (nSPS) is 27.5. The van der Waals surface area contributed by atoms with Gasteiger partial charge in [0, 0.05) is 4.88 Å². The van der Waals surface area contributed by atoms with Crippen molar-refractivity contribution in [3.05, 3.63) is 56.2 Å². The summed E-state index contributed by atoms with van der Waals surface area (Å²) in [6.45, 7) is 1.16. The highest BCUT2D eigenvalue weighted by molar-refractivity contribution is 7.22. The summed E-state index contributed by atoms with van der Waals surface area (Å²) < 4.78 is 5.84. The zero-order valence-electron chi connectivity index (χ0n) is 16.3. The number of benzene rings is 1. The highest BCUT2D eigenvalue weighted by Crippen LogP contribution is 2.35. The fourth-order valence-corrected chi connectivity index (χ4v) is 4.84. The lowest BCUT2D eigenvalue weighted by Gasteiger charge is -2.42. The number of H-pyrrole nitrogens is 2. The van der Waals surface area contributed by atoms with E-state index in [1.54, 1.807) is 31.2 Å². The average Bonchev–Trinajstić information content (AvgIpc) is 3.16. The summed E-state index contributed by atoms with van der Waals surface area (Å²) in [5, 5.41) is 50.3. The van der Waals surface area contributed by atoms with Crippen LogP contribution in [0.2, 0.25) is 0 Å². The minimum absolute atomic E-state index is 0.387. The smallest absolute Gasteiger partial charge is 0.326 e. The second-order valence-electron chi connectivity index (χ2n) is 7.57. The first-order valence-corrected chi connectivity index (χ1v) is 10.4. The first kappa shape index (κ1) is 21.8. The summed E-state index contributed by atoms with van der Waals surface area (Å²) in [4.78, 5) is 28.9. The van der Waals surface area contributed by atoms with Gasteiger partial charge >= 0.3 is 5.69 Å². The van der Waals surface area contributed by atoms with E-state index >= 15 is 0 Å². The van der Waals surface area contributed by atoms with Crippen LogP contribution in [-0.4, -0.2) is 72.6 Å². The van der Waals surface area contributed by atoms with Crippen LogP contribution in [0.4, 0.5) is 0 Å². The summed E-state index contributed by atoms with van der Waals surface area (Å²) in [6.07, 6.45) is -8.34. The van der Waals surface area contributed by atoms with E-state index in [1.807, 2.05) is 0 Å². The van der Waals surface area contributed by atoms with Crippen molar-refractivity contribution in [3.63, 3.8) is 0 Å². The maximum atomic E-state index is 12.0. The van der Waals surface area contributed by atoms with E-state index in [0.29, 0.717) is 21.3 Å². The largest absolute Gasteiger partial charge is 0.394 e. The second-order valence-corrected chi connectivity index (χ2v) is 8.62. The lowest BCUT2D eigenvalue weighted by Crippen LogP contribution is -2.59. The molecule has 3 heterocycles. The van der Waals surface area contributed by atoms with Gasteiger partial charge in [-0.3, -0.25) is 9.78 Å². The zero-order valence-corrected chi connectivity index (χ0v) is 17.2. The third-order valence-corrected chi connectivity index (χ3v) is 6.71. The highest BCUT2D eigenvalue weighted by Gasteiger charge is 2.46. The molecule has 4 rings (SSSR count). The molecule has 0 bridgehead atoms. The molecule has 7 N–H and O–H groups in total. The van der Waals surface area contributed by atoms with Crippen LogP contribution in [0.5, 0.6) is 0 Å². The maximum absolute atomic E-state index is 12.0. The van der Waals surface area contributed by atoms with E-state index in [1.165, 1.54) is 11.3 Å². The van der Waals surface area contributed by atoms with Crippen molar-refractivity contribution >= 4 is 21.6 Å². The van der Waals surface area contributed by atoms with Crippen LogP contribution in [0.1, 0.15) is 17.2 Å². The number of thiophene rings is 1. The van der Waals surface area contributed by atoms with Crippen LogP contribution < -0.4 is 11.2 Å². The van der Waals surface area contributed by atoms with Crippen LogP contribution in [0.3, 0.4) is 0 Å². The van der Waals surface area contributed by atoms with Crippen LogP contribution in [0.15, 0.2) is 33.9 Å². The number of aromatic nitrogens is 2. The molecule has 3 aromatic rings. The number of nitrogens with one attached hydrogen (secondary N) is 2. The Hall–Kier alpha value is -2.38. The Morgan fingerprint density at radius 2 is 1.84 bits per heavy atom. The third-order valence-electron chi connectivity index (χ3n) is 5.53. The molecular weight excluding hydrogens is 428 g/mol. The van der Waals surface area contributed by atoms with Crippen molar-refractivity contribution in [2.24, 2.45) is 0 Å². The number of aliphatic hydroxyl groups is 5. The number of aryl methyl sites for hydroxylation is 1. The molecule has 6 atom stereocenters. The van der Waals surface area contributed by atoms with Crippen LogP contribution in [-0.2, 0) is 4.74 Å². The highest BCUT2D eigenvalue weighted by atomic mass is 32.1. The van der Waals surface area contributed by atoms with Gasteiger partial charge in [0.05, 0.1) is 12.1 Å². The van der Waals surface area contributed by atoms with E-state index in [9.17, 15) is 35.1 Å². The molecule has 31 heavy (non-hydrogen) atoms. The van der Waals surface area contributed by atoms with Gasteiger partial charge in [0.15, 0.2) is 0 Å². The molecule has 2 aromatic heterocycles. The molecule has 1 aromatic carbocycles. The molecule has 0 amide bonds. The van der Waals surface area contributed by atoms with Gasteiger partial charge in [-0.2, -0.15) is 0 Å². The van der Waals surface area contributed by atoms with Crippen molar-refractivity contribution in [1.82, 2.24) is 9.97 Å². The monoisotopic (exact) mass is 450 g/mol. The van der Waals surface area contributed by atoms with Crippen molar-refractivity contribution in [2.75, 3.05) is 6.61 Å². The molecule has 1 fully saturated rings. The van der Waals surface area contributed by atoms with Crippen LogP contribution in [0.25, 0.3) is 20.7 Å². The number of ether oxygens (including phenoxy) is 1. The Morgan fingerprint density at radius 3 is 2.52 bits per heavy atom. The Kier molecular flexibility index (Phi) is 5.83. The summed E-state index contributed by atoms with van der Waals surface area (Å²) >= 11 is 1.21. The molecule has 166 valence electrons. The van der Waals surface area contributed by atoms with Crippen molar-refractivity contribution < 1.29 is 30.3 Å². The molecule has 1 aliphatic heterocycles. The topological polar surface area (TPSA) is 176 Å². The predicted octanol–water partition coefficient (Wildman–Crippen LogP) is -0.871. The van der Waals surface area contributed by atoms with Crippen LogP contribution in [0, 0.1) is 6.92 Å². The number of aromatic amines is 2. The molecule has 3 unspecified atom stereocenters. The van der Waals surface area contributed by atoms with E-state index in [-0.39, 0.29) is 0 Å². The fraction of sp³-hybridized carbons (Fsp3) is 0.400. The molecule has 0 radical (unpaired) electrons. The predicted molar refractivity (Wildman–Crippen MR) is 112 cm³/mol. The van der Waals surface area contributed by atoms with Gasteiger partial charge < -0.3 is 35.3 Å². The van der Waals surface area contributed by atoms with Gasteiger partial charge in [-0.1, -0.05) is 18.2 Å². The number of fused-ring (bicyclic) bond motifs is 1. The first-order chi connectivity index (χ1) is 14.7. The fourth-order valence-electron chi connectivity index (χ4n) is 3.84. The SMILES string of the molecule is Cc1cc(-c2cc3[nH]c(=O)[nH]c(=O)c3s2)ccc1[C@@H](O)[C@H]1OC(CO)[C@@H](O)C(O)C1O. The van der Waals surface area contributed by atoms with Crippen molar-refractivity contribution in [3.8, 4) is 10.4 Å². The number of rotatable bonds is 4. The van der Waals surface area contributed by atoms with Crippen LogP contribution >= 0.6 is 11.3 Å². The second kappa shape index (κ2) is 8.28. The summed E-state index contributed by atoms with van der Waals surface area (Å²) in [5.41, 5.74) is 1.21. The Bertz CT molecular complexity index is 1220. The van der Waals surface area contributed by atoms with E-state index in [0.717, 1.165) is 10.4 Å². The molecule has 11 heteroatoms. The van der Waals surface area contributed by atoms with E-state index in [4.69, 9.17) is 4.74 Å². The maximum Gasteiger partial charge on any atom is 0.326 e. The molecular formula is C20H22N2O8S. The van der Waals surface area contributed by atoms with E-state index < -0.39 is 54.5 Å². The zero-order chi connectivity index (χ0) is 22.4. The Morgan fingerprint density at radius 1 is 1.10 bits per heavy atom. The Labute approximate surface area is 179 Å². The molecule has 10 nitrogen and oxygen atoms in total. The molecule has 0 spiro atoms. The molecule has 0 aliphatic carbocycles. The molecule has 1 aliphatic rings. The minimum Gasteiger partial charge on any atom is -0.394 e. The van der Waals surface area contributed by atoms with Gasteiger partial charge in [-0.25, -0.2) is 4.79 Å². The van der Waals surface area contributed by atoms with Gasteiger partial charge in [0.2, 0.25) is 0 Å². The minimum atomic E-state index is -1.58. The average molecular weight is 450 g/mol. The lowest BCUT2D eigenvalue weighted by molar-refractivity contribution is -0.250. The third kappa shape index (κ3) is 3.85. The summed E-state index contributed by atoms with van der Waals surface area (Å²) in [7, 11) is 0. The lowest BCUT2D eigenvalue weighted by atomic mass is 9.88. The summed E-state index contributed by atoms with van der Waals surface area (Å²) in [6, 6.07) is 6.82. The first-order valence-electron chi connectivity index (χ1n) is 9.57. The van der Waals surface area contributed by atoms with Gasteiger partial charge in [0.1, 0.15) is 41.3 Å².